The maximum Gasteiger partial charge on any atom is 0.222 e. The summed E-state index contributed by atoms with van der Waals surface area (Å²) < 4.78 is 5.54. The summed E-state index contributed by atoms with van der Waals surface area (Å²) in [6.45, 7) is 7.33. The fourth-order valence-corrected chi connectivity index (χ4v) is 2.72. The Morgan fingerprint density at radius 3 is 2.81 bits per heavy atom. The molecule has 0 bridgehead atoms. The molecule has 2 heterocycles. The van der Waals surface area contributed by atoms with Crippen LogP contribution < -0.4 is 11.1 Å². The van der Waals surface area contributed by atoms with Crippen LogP contribution in [0.1, 0.15) is 24.0 Å². The Hall–Kier alpha value is -1.29. The monoisotopic (exact) mass is 222 g/mol. The average molecular weight is 222 g/mol. The second-order valence-electron chi connectivity index (χ2n) is 4.83. The highest BCUT2D eigenvalue weighted by Gasteiger charge is 2.45. The van der Waals surface area contributed by atoms with Crippen LogP contribution in [0.4, 0.5) is 0 Å². The van der Waals surface area contributed by atoms with Crippen molar-refractivity contribution in [3.05, 3.63) is 23.2 Å². The van der Waals surface area contributed by atoms with Gasteiger partial charge in [-0.2, -0.15) is 0 Å². The van der Waals surface area contributed by atoms with Crippen LogP contribution in [0, 0.1) is 19.8 Å². The predicted octanol–water partition coefficient (Wildman–Crippen LogP) is 0.859. The number of nitrogens with one attached hydrogen (secondary N) is 1. The first-order valence-electron chi connectivity index (χ1n) is 5.52. The summed E-state index contributed by atoms with van der Waals surface area (Å²) in [4.78, 5) is 11.5. The van der Waals surface area contributed by atoms with E-state index in [4.69, 9.17) is 10.2 Å². The highest BCUT2D eigenvalue weighted by molar-refractivity contribution is 5.79. The second-order valence-corrected chi connectivity index (χ2v) is 4.83. The molecule has 16 heavy (non-hydrogen) atoms. The molecule has 4 nitrogen and oxygen atoms in total. The normalized spacial score (nSPS) is 29.6. The van der Waals surface area contributed by atoms with Gasteiger partial charge in [0, 0.05) is 24.1 Å². The van der Waals surface area contributed by atoms with Gasteiger partial charge in [0.15, 0.2) is 0 Å². The third kappa shape index (κ3) is 1.53. The molecule has 4 heteroatoms. The van der Waals surface area contributed by atoms with Crippen molar-refractivity contribution in [2.24, 2.45) is 11.7 Å². The van der Waals surface area contributed by atoms with E-state index in [9.17, 15) is 4.79 Å². The van der Waals surface area contributed by atoms with Crippen molar-refractivity contribution in [1.82, 2.24) is 5.32 Å². The number of carbonyl (C=O) groups is 1. The lowest BCUT2D eigenvalue weighted by atomic mass is 9.74. The summed E-state index contributed by atoms with van der Waals surface area (Å²) in [7, 11) is 0. The van der Waals surface area contributed by atoms with Gasteiger partial charge in [0.05, 0.1) is 5.92 Å². The van der Waals surface area contributed by atoms with Crippen molar-refractivity contribution in [1.29, 1.82) is 0 Å². The largest absolute Gasteiger partial charge is 0.466 e. The van der Waals surface area contributed by atoms with Gasteiger partial charge in [0.2, 0.25) is 5.91 Å². The number of hydrogen-bond acceptors (Lipinski definition) is 3. The number of carbonyl (C=O) groups excluding carboxylic acids is 1. The van der Waals surface area contributed by atoms with Crippen LogP contribution in [0.2, 0.25) is 0 Å². The van der Waals surface area contributed by atoms with Crippen molar-refractivity contribution in [2.45, 2.75) is 26.2 Å². The number of amides is 1. The highest BCUT2D eigenvalue weighted by atomic mass is 16.3. The quantitative estimate of drug-likeness (QED) is 0.779. The van der Waals surface area contributed by atoms with E-state index in [0.717, 1.165) is 23.6 Å². The van der Waals surface area contributed by atoms with Gasteiger partial charge in [-0.15, -0.1) is 0 Å². The van der Waals surface area contributed by atoms with Gasteiger partial charge in [-0.05, 0) is 19.9 Å². The molecule has 1 fully saturated rings. The van der Waals surface area contributed by atoms with Crippen LogP contribution in [-0.2, 0) is 10.2 Å². The molecule has 0 saturated carbocycles. The molecule has 0 spiro atoms. The lowest BCUT2D eigenvalue weighted by Gasteiger charge is -2.28. The fraction of sp³-hybridized carbons (Fsp3) is 0.583. The molecule has 1 aromatic heterocycles. The van der Waals surface area contributed by atoms with Crippen molar-refractivity contribution in [2.75, 3.05) is 13.1 Å². The van der Waals surface area contributed by atoms with Gasteiger partial charge in [-0.1, -0.05) is 6.92 Å². The van der Waals surface area contributed by atoms with E-state index in [-0.39, 0.29) is 17.2 Å². The van der Waals surface area contributed by atoms with Gasteiger partial charge in [0.1, 0.15) is 11.5 Å². The maximum atomic E-state index is 11.5. The first-order valence-corrected chi connectivity index (χ1v) is 5.52. The summed E-state index contributed by atoms with van der Waals surface area (Å²) in [5.41, 5.74) is 6.31. The lowest BCUT2D eigenvalue weighted by Crippen LogP contribution is -2.39. The Morgan fingerprint density at radius 1 is 1.62 bits per heavy atom. The first-order chi connectivity index (χ1) is 7.45. The number of aryl methyl sites for hydroxylation is 2. The van der Waals surface area contributed by atoms with Crippen LogP contribution in [0.15, 0.2) is 10.5 Å². The van der Waals surface area contributed by atoms with Crippen LogP contribution >= 0.6 is 0 Å². The standard InChI is InChI=1S/C12H18N2O2/c1-7-4-9(8(2)16-7)12(3)6-14-5-10(12)11(13)15/h4,10,14H,5-6H2,1-3H3,(H2,13,15). The zero-order valence-electron chi connectivity index (χ0n) is 9.96. The third-order valence-corrected chi connectivity index (χ3v) is 3.61. The minimum atomic E-state index is -0.245. The van der Waals surface area contributed by atoms with E-state index in [2.05, 4.69) is 12.2 Å². The van der Waals surface area contributed by atoms with Crippen LogP contribution in [0.3, 0.4) is 0 Å². The van der Waals surface area contributed by atoms with Crippen molar-refractivity contribution in [3.8, 4) is 0 Å². The minimum absolute atomic E-state index is 0.164. The third-order valence-electron chi connectivity index (χ3n) is 3.61. The number of nitrogens with two attached hydrogens (primary N) is 1. The highest BCUT2D eigenvalue weighted by Crippen LogP contribution is 2.38. The molecular weight excluding hydrogens is 204 g/mol. The Morgan fingerprint density at radius 2 is 2.31 bits per heavy atom. The average Bonchev–Trinajstić information content (AvgIpc) is 2.70. The zero-order valence-corrected chi connectivity index (χ0v) is 9.96. The van der Waals surface area contributed by atoms with Crippen LogP contribution in [0.25, 0.3) is 0 Å². The number of primary amides is 1. The molecule has 1 aliphatic heterocycles. The van der Waals surface area contributed by atoms with E-state index in [1.165, 1.54) is 0 Å². The van der Waals surface area contributed by atoms with Gasteiger partial charge in [0.25, 0.3) is 0 Å². The molecule has 1 aliphatic rings. The number of furan rings is 1. The second kappa shape index (κ2) is 3.63. The molecule has 1 aromatic rings. The molecular formula is C12H18N2O2. The molecule has 1 saturated heterocycles. The maximum absolute atomic E-state index is 11.5. The molecule has 2 atom stereocenters. The Kier molecular flexibility index (Phi) is 2.54. The summed E-state index contributed by atoms with van der Waals surface area (Å²) in [5.74, 6) is 1.35. The Labute approximate surface area is 95.2 Å². The number of rotatable bonds is 2. The number of hydrogen-bond donors (Lipinski definition) is 2. The van der Waals surface area contributed by atoms with E-state index in [1.54, 1.807) is 0 Å². The van der Waals surface area contributed by atoms with Crippen molar-refractivity contribution >= 4 is 5.91 Å². The van der Waals surface area contributed by atoms with Gasteiger partial charge in [-0.3, -0.25) is 4.79 Å². The van der Waals surface area contributed by atoms with E-state index in [0.29, 0.717) is 6.54 Å². The van der Waals surface area contributed by atoms with E-state index >= 15 is 0 Å². The SMILES string of the molecule is Cc1cc(C2(C)CNCC2C(N)=O)c(C)o1. The van der Waals surface area contributed by atoms with Crippen LogP contribution in [0.5, 0.6) is 0 Å². The Balaban J connectivity index is 2.44. The van der Waals surface area contributed by atoms with Gasteiger partial charge < -0.3 is 15.5 Å². The van der Waals surface area contributed by atoms with Gasteiger partial charge in [-0.25, -0.2) is 0 Å². The molecule has 2 unspecified atom stereocenters. The van der Waals surface area contributed by atoms with Gasteiger partial charge >= 0.3 is 0 Å². The topological polar surface area (TPSA) is 68.3 Å². The molecule has 88 valence electrons. The summed E-state index contributed by atoms with van der Waals surface area (Å²) in [6, 6.07) is 2.01. The van der Waals surface area contributed by atoms with Crippen molar-refractivity contribution in [3.63, 3.8) is 0 Å². The first kappa shape index (κ1) is 11.2. The molecule has 0 aromatic carbocycles. The predicted molar refractivity (Wildman–Crippen MR) is 61.1 cm³/mol. The molecule has 0 radical (unpaired) electrons. The molecule has 0 aliphatic carbocycles. The smallest absolute Gasteiger partial charge is 0.222 e. The fourth-order valence-electron chi connectivity index (χ4n) is 2.72. The summed E-state index contributed by atoms with van der Waals surface area (Å²) in [6.07, 6.45) is 0. The van der Waals surface area contributed by atoms with Crippen molar-refractivity contribution < 1.29 is 9.21 Å². The summed E-state index contributed by atoms with van der Waals surface area (Å²) in [5, 5.41) is 3.24. The molecule has 3 N–H and O–H groups in total. The zero-order chi connectivity index (χ0) is 11.9. The minimum Gasteiger partial charge on any atom is -0.466 e. The molecule has 2 rings (SSSR count). The van der Waals surface area contributed by atoms with E-state index < -0.39 is 0 Å². The van der Waals surface area contributed by atoms with Crippen LogP contribution in [-0.4, -0.2) is 19.0 Å². The summed E-state index contributed by atoms with van der Waals surface area (Å²) >= 11 is 0. The molecule has 1 amide bonds. The van der Waals surface area contributed by atoms with E-state index in [1.807, 2.05) is 19.9 Å². The Bertz CT molecular complexity index is 425. The lowest BCUT2D eigenvalue weighted by molar-refractivity contribution is -0.122.